The largest absolute Gasteiger partial charge is 0.508 e. The Kier molecular flexibility index (Phi) is 10.5. The Morgan fingerprint density at radius 1 is 0.896 bits per heavy atom. The van der Waals surface area contributed by atoms with Crippen LogP contribution in [0.4, 0.5) is 30.7 Å². The maximum atomic E-state index is 13.6. The lowest BCUT2D eigenvalue weighted by atomic mass is 9.50. The second kappa shape index (κ2) is 13.6. The highest BCUT2D eigenvalue weighted by Gasteiger charge is 2.73. The van der Waals surface area contributed by atoms with E-state index in [1.165, 1.54) is 0 Å². The molecule has 3 N–H and O–H groups in total. The van der Waals surface area contributed by atoms with Crippen molar-refractivity contribution in [3.8, 4) is 5.75 Å². The molecule has 4 aliphatic carbocycles. The van der Waals surface area contributed by atoms with Gasteiger partial charge in [0.2, 0.25) is 5.91 Å². The fourth-order valence-corrected chi connectivity index (χ4v) is 9.97. The van der Waals surface area contributed by atoms with Crippen molar-refractivity contribution in [1.29, 1.82) is 0 Å². The first kappa shape index (κ1) is 37.2. The summed E-state index contributed by atoms with van der Waals surface area (Å²) in [4.78, 5) is 12.3. The molecule has 48 heavy (non-hydrogen) atoms. The Labute approximate surface area is 278 Å². The molecule has 0 heterocycles. The Balaban J connectivity index is 1.05. The maximum Gasteiger partial charge on any atom is 0.459 e. The summed E-state index contributed by atoms with van der Waals surface area (Å²) < 4.78 is 90.6. The van der Waals surface area contributed by atoms with E-state index in [2.05, 4.69) is 6.92 Å². The summed E-state index contributed by atoms with van der Waals surface area (Å²) in [6, 6.07) is 5.41. The highest BCUT2D eigenvalue weighted by molar-refractivity contribution is 5.75. The molecular weight excluding hydrogens is 643 g/mol. The van der Waals surface area contributed by atoms with Crippen LogP contribution in [0.3, 0.4) is 0 Å². The third-order valence-electron chi connectivity index (χ3n) is 12.8. The first-order valence-corrected chi connectivity index (χ1v) is 17.6. The van der Waals surface area contributed by atoms with E-state index in [-0.39, 0.29) is 45.8 Å². The van der Waals surface area contributed by atoms with Crippen LogP contribution in [-0.4, -0.2) is 63.8 Å². The number of nitrogens with zero attached hydrogens (tertiary/aromatic N) is 1. The second-order valence-corrected chi connectivity index (χ2v) is 15.5. The van der Waals surface area contributed by atoms with Gasteiger partial charge in [-0.05, 0) is 97.3 Å². The molecule has 0 radical (unpaired) electrons. The van der Waals surface area contributed by atoms with Gasteiger partial charge in [-0.15, -0.1) is 0 Å². The Bertz CT molecular complexity index is 1300. The van der Waals surface area contributed by atoms with E-state index in [0.717, 1.165) is 95.2 Å². The fourth-order valence-electron chi connectivity index (χ4n) is 9.97. The molecule has 1 spiro atoms. The van der Waals surface area contributed by atoms with Crippen LogP contribution in [0.1, 0.15) is 126 Å². The normalized spacial score (nSPS) is 30.9. The minimum absolute atomic E-state index is 0.0274. The molecule has 1 amide bonds. The van der Waals surface area contributed by atoms with Gasteiger partial charge in [0.15, 0.2) is 0 Å². The summed E-state index contributed by atoms with van der Waals surface area (Å²) in [6.45, 7) is 0.356. The van der Waals surface area contributed by atoms with E-state index in [4.69, 9.17) is 0 Å². The fraction of sp³-hybridized carbons (Fsp3) is 0.806. The van der Waals surface area contributed by atoms with Crippen LogP contribution < -0.4 is 0 Å². The molecule has 0 bridgehead atoms. The van der Waals surface area contributed by atoms with Crippen molar-refractivity contribution in [2.24, 2.45) is 28.6 Å². The summed E-state index contributed by atoms with van der Waals surface area (Å²) in [7, 11) is 0.797. The zero-order valence-electron chi connectivity index (χ0n) is 27.9. The third kappa shape index (κ3) is 6.58. The standard InChI is InChI=1S/C36H50F7NO4/c1-32-16-15-24-23-14-13-22(45)19-26(23)31(48)25(30(24)27(32)20-28(46)33(32)17-18-33)11-9-7-5-3-4-6-8-10-12-29(47)44(2)21-34(37,38)35(39,40)36(41,42)43/h13-14,19,24-25,27-28,30-31,45-46,48H,3-12,15-18,20-21H2,1-2H3/t24?,25-,27?,28+,30?,31-,32-/m0/s1. The average Bonchev–Trinajstić information content (AvgIpc) is 3.79. The van der Waals surface area contributed by atoms with Crippen molar-refractivity contribution in [3.63, 3.8) is 0 Å². The lowest BCUT2D eigenvalue weighted by molar-refractivity contribution is -0.355. The van der Waals surface area contributed by atoms with E-state index in [9.17, 15) is 50.8 Å². The second-order valence-electron chi connectivity index (χ2n) is 15.5. The number of alkyl halides is 7. The van der Waals surface area contributed by atoms with Crippen LogP contribution in [-0.2, 0) is 4.79 Å². The highest BCUT2D eigenvalue weighted by atomic mass is 19.4. The molecule has 3 unspecified atom stereocenters. The van der Waals surface area contributed by atoms with Gasteiger partial charge in [-0.2, -0.15) is 30.7 Å². The minimum Gasteiger partial charge on any atom is -0.508 e. The number of carbonyl (C=O) groups is 1. The predicted molar refractivity (Wildman–Crippen MR) is 166 cm³/mol. The number of amides is 1. The van der Waals surface area contributed by atoms with Gasteiger partial charge in [0, 0.05) is 18.9 Å². The monoisotopic (exact) mass is 693 g/mol. The number of phenols is 1. The number of aliphatic hydroxyl groups excluding tert-OH is 2. The summed E-state index contributed by atoms with van der Waals surface area (Å²) in [5.41, 5.74) is 2.08. The van der Waals surface area contributed by atoms with E-state index >= 15 is 0 Å². The quantitative estimate of drug-likeness (QED) is 0.134. The van der Waals surface area contributed by atoms with Crippen LogP contribution in [0.25, 0.3) is 0 Å². The van der Waals surface area contributed by atoms with Crippen LogP contribution >= 0.6 is 0 Å². The van der Waals surface area contributed by atoms with Crippen LogP contribution in [0, 0.1) is 28.6 Å². The Hall–Kier alpha value is -2.08. The molecule has 0 saturated heterocycles. The Morgan fingerprint density at radius 2 is 1.50 bits per heavy atom. The first-order valence-electron chi connectivity index (χ1n) is 17.6. The molecule has 0 aliphatic heterocycles. The lowest BCUT2D eigenvalue weighted by Gasteiger charge is -2.55. The molecule has 12 heteroatoms. The molecule has 5 nitrogen and oxygen atoms in total. The topological polar surface area (TPSA) is 81.0 Å². The molecule has 7 atom stereocenters. The number of carbonyl (C=O) groups excluding carboxylic acids is 1. The average molecular weight is 694 g/mol. The van der Waals surface area contributed by atoms with E-state index < -0.39 is 36.6 Å². The van der Waals surface area contributed by atoms with E-state index in [1.807, 2.05) is 6.07 Å². The van der Waals surface area contributed by atoms with Crippen LogP contribution in [0.2, 0.25) is 0 Å². The SMILES string of the molecule is CN(CC(F)(F)C(F)(F)C(F)(F)F)C(=O)CCCCCCCCCC[C@H]1C2C(CC[C@@]3(C)C2C[C@@H](O)C32CC2)c2ccc(O)cc2[C@H]1O. The number of phenolic OH excluding ortho intramolecular Hbond substituents is 1. The van der Waals surface area contributed by atoms with Crippen molar-refractivity contribution in [2.75, 3.05) is 13.6 Å². The molecule has 1 aromatic carbocycles. The number of hydrogen-bond donors (Lipinski definition) is 3. The summed E-state index contributed by atoms with van der Waals surface area (Å²) in [5, 5.41) is 33.1. The number of hydrogen-bond acceptors (Lipinski definition) is 4. The van der Waals surface area contributed by atoms with Gasteiger partial charge in [0.05, 0.1) is 18.8 Å². The van der Waals surface area contributed by atoms with Crippen molar-refractivity contribution >= 4 is 5.91 Å². The number of rotatable bonds is 14. The maximum absolute atomic E-state index is 13.6. The molecule has 1 aromatic rings. The van der Waals surface area contributed by atoms with Gasteiger partial charge in [-0.25, -0.2) is 0 Å². The van der Waals surface area contributed by atoms with E-state index in [1.54, 1.807) is 12.1 Å². The van der Waals surface area contributed by atoms with Gasteiger partial charge < -0.3 is 20.2 Å². The summed E-state index contributed by atoms with van der Waals surface area (Å²) in [5.74, 6) is -11.5. The summed E-state index contributed by atoms with van der Waals surface area (Å²) >= 11 is 0. The molecule has 4 aliphatic rings. The third-order valence-corrected chi connectivity index (χ3v) is 12.8. The molecular formula is C36H50F7NO4. The van der Waals surface area contributed by atoms with Crippen molar-refractivity contribution in [2.45, 2.75) is 139 Å². The lowest BCUT2D eigenvalue weighted by Crippen LogP contribution is -2.57. The zero-order valence-corrected chi connectivity index (χ0v) is 27.9. The van der Waals surface area contributed by atoms with E-state index in [0.29, 0.717) is 24.7 Å². The predicted octanol–water partition coefficient (Wildman–Crippen LogP) is 8.91. The summed E-state index contributed by atoms with van der Waals surface area (Å²) in [6.07, 6.45) is 4.71. The smallest absolute Gasteiger partial charge is 0.459 e. The van der Waals surface area contributed by atoms with Gasteiger partial charge in [0.25, 0.3) is 0 Å². The van der Waals surface area contributed by atoms with Crippen LogP contribution in [0.5, 0.6) is 5.75 Å². The molecule has 3 saturated carbocycles. The number of fused-ring (bicyclic) bond motifs is 6. The number of benzene rings is 1. The zero-order chi connectivity index (χ0) is 35.3. The highest BCUT2D eigenvalue weighted by Crippen LogP contribution is 2.76. The van der Waals surface area contributed by atoms with Gasteiger partial charge >= 0.3 is 18.0 Å². The number of unbranched alkanes of at least 4 members (excludes halogenated alkanes) is 7. The number of aliphatic hydroxyl groups is 2. The minimum atomic E-state index is -6.42. The van der Waals surface area contributed by atoms with Gasteiger partial charge in [-0.1, -0.05) is 57.9 Å². The first-order chi connectivity index (χ1) is 22.4. The van der Waals surface area contributed by atoms with Gasteiger partial charge in [0.1, 0.15) is 5.75 Å². The van der Waals surface area contributed by atoms with Gasteiger partial charge in [-0.3, -0.25) is 4.79 Å². The van der Waals surface area contributed by atoms with Crippen molar-refractivity contribution in [1.82, 2.24) is 4.90 Å². The Morgan fingerprint density at radius 3 is 2.10 bits per heavy atom. The number of halogens is 7. The molecule has 272 valence electrons. The molecule has 5 rings (SSSR count). The van der Waals surface area contributed by atoms with Crippen molar-refractivity contribution in [3.05, 3.63) is 29.3 Å². The molecule has 0 aromatic heterocycles. The van der Waals surface area contributed by atoms with Crippen LogP contribution in [0.15, 0.2) is 18.2 Å². The number of aromatic hydroxyl groups is 1. The molecule has 3 fully saturated rings. The van der Waals surface area contributed by atoms with Crippen molar-refractivity contribution < 1.29 is 50.8 Å².